The molecule has 15 unspecified atom stereocenters. The van der Waals surface area contributed by atoms with Gasteiger partial charge in [0.25, 0.3) is 5.79 Å². The van der Waals surface area contributed by atoms with Crippen LogP contribution in [0.1, 0.15) is 70.8 Å². The van der Waals surface area contributed by atoms with E-state index in [0.29, 0.717) is 25.7 Å². The molecule has 440 valence electrons. The van der Waals surface area contributed by atoms with Crippen LogP contribution in [0.4, 0.5) is 4.79 Å². The van der Waals surface area contributed by atoms with Gasteiger partial charge in [-0.05, 0) is 37.5 Å². The van der Waals surface area contributed by atoms with Gasteiger partial charge in [-0.2, -0.15) is 0 Å². The third-order valence-corrected chi connectivity index (χ3v) is 13.5. The topological polar surface area (TPSA) is 468 Å². The molecule has 5 rings (SSSR count). The van der Waals surface area contributed by atoms with Crippen molar-refractivity contribution in [3.63, 3.8) is 0 Å². The predicted molar refractivity (Wildman–Crippen MR) is 250 cm³/mol. The highest BCUT2D eigenvalue weighted by Crippen LogP contribution is 2.39. The summed E-state index contributed by atoms with van der Waals surface area (Å²) in [6.45, 7) is -1.55. The summed E-state index contributed by atoms with van der Waals surface area (Å²) in [7, 11) is 1.30. The van der Waals surface area contributed by atoms with E-state index in [9.17, 15) is 90.7 Å². The first kappa shape index (κ1) is 63.6. The zero-order valence-corrected chi connectivity index (χ0v) is 42.4. The molecular weight excluding hydrogens is 1040 g/mol. The molecule has 4 aliphatic rings. The number of carboxylic acids is 1. The molecule has 0 spiro atoms. The molecule has 1 aromatic rings. The third kappa shape index (κ3) is 16.4. The van der Waals surface area contributed by atoms with Gasteiger partial charge in [0.15, 0.2) is 18.9 Å². The number of esters is 1. The third-order valence-electron chi connectivity index (χ3n) is 13.5. The van der Waals surface area contributed by atoms with Crippen LogP contribution < -0.4 is 10.6 Å². The number of rotatable bonds is 26. The summed E-state index contributed by atoms with van der Waals surface area (Å²) in [5.74, 6) is -7.16. The standard InChI is InChI=1S/C47H74N2O28/c1-20-32(59)35(62)36(63)43(71-20)74-38-28(18-52)73-42(69-11-9-7-5-4-6-8-10-29(58)68-3)31(49-46(67)70-19-22-12-23(54)14-24(55)13-22)40(38)75-44-37(64)41(34(61)27(17-51)72-44)77-47(45(65)66)15-25(56)30(48-21(2)53)39(76-47)33(60)26(57)16-50/h12-14,20,25-28,30-44,50-52,54-57,59-64H,4-11,15-19H2,1-3H3,(H,48,53)(H,49,67)(H,65,66)/t20?,25?,26?,27?,28?,30-,31?,32-,33?,34-,35?,36?,37?,38+,39?,40?,41?,42-,43?,44?,47+/m1/s1. The Labute approximate surface area is 440 Å². The summed E-state index contributed by atoms with van der Waals surface area (Å²) in [6.07, 6.45) is -33.5. The number of ether oxygens (including phenoxy) is 10. The maximum absolute atomic E-state index is 13.8. The van der Waals surface area contributed by atoms with Crippen LogP contribution >= 0.6 is 0 Å². The maximum atomic E-state index is 13.8. The minimum absolute atomic E-state index is 0.0980. The van der Waals surface area contributed by atoms with E-state index in [1.807, 2.05) is 0 Å². The number of methoxy groups -OCH3 is 1. The SMILES string of the molecule is COC(=O)CCCCCCCCO[C@@H]1OC(CO)[C@H](OC2OC(C)[C@@H](O)C(O)C2O)C(OC2OC(CO)[C@@H](O)C(O[C@]3(C(=O)O)CC(O)[C@@H](NC(C)=O)C(C(O)C(O)CO)O3)C2O)C1NC(=O)OCc1cc(O)cc(O)c1. The lowest BCUT2D eigenvalue weighted by Crippen LogP contribution is -2.71. The van der Waals surface area contributed by atoms with E-state index < -0.39 is 179 Å². The minimum atomic E-state index is -3.20. The first-order valence-corrected chi connectivity index (χ1v) is 25.0. The summed E-state index contributed by atoms with van der Waals surface area (Å²) in [4.78, 5) is 50.7. The second-order valence-electron chi connectivity index (χ2n) is 19.2. The van der Waals surface area contributed by atoms with E-state index in [4.69, 9.17) is 42.6 Å². The molecule has 77 heavy (non-hydrogen) atoms. The molecule has 2 amide bonds. The summed E-state index contributed by atoms with van der Waals surface area (Å²) >= 11 is 0. The minimum Gasteiger partial charge on any atom is -0.508 e. The van der Waals surface area contributed by atoms with Crippen molar-refractivity contribution in [1.82, 2.24) is 10.6 Å². The molecule has 0 aromatic heterocycles. The molecule has 0 radical (unpaired) electrons. The van der Waals surface area contributed by atoms with Crippen LogP contribution in [0, 0.1) is 0 Å². The first-order chi connectivity index (χ1) is 36.5. The summed E-state index contributed by atoms with van der Waals surface area (Å²) < 4.78 is 58.0. The Hall–Kier alpha value is -4.26. The lowest BCUT2D eigenvalue weighted by atomic mass is 9.88. The van der Waals surface area contributed by atoms with Gasteiger partial charge in [-0.1, -0.05) is 25.7 Å². The fourth-order valence-corrected chi connectivity index (χ4v) is 9.33. The van der Waals surface area contributed by atoms with Gasteiger partial charge in [0.2, 0.25) is 5.91 Å². The van der Waals surface area contributed by atoms with Crippen LogP contribution in [0.3, 0.4) is 0 Å². The van der Waals surface area contributed by atoms with Gasteiger partial charge in [-0.15, -0.1) is 0 Å². The molecule has 4 heterocycles. The van der Waals surface area contributed by atoms with Gasteiger partial charge >= 0.3 is 18.0 Å². The Morgan fingerprint density at radius 1 is 0.727 bits per heavy atom. The van der Waals surface area contributed by atoms with Gasteiger partial charge in [-0.3, -0.25) is 9.59 Å². The van der Waals surface area contributed by atoms with Crippen LogP contribution in [0.2, 0.25) is 0 Å². The summed E-state index contributed by atoms with van der Waals surface area (Å²) in [5.41, 5.74) is 0.103. The number of amides is 2. The fraction of sp³-hybridized carbons (Fsp3) is 0.787. The second-order valence-corrected chi connectivity index (χ2v) is 19.2. The van der Waals surface area contributed by atoms with Crippen LogP contribution in [0.25, 0.3) is 0 Å². The lowest BCUT2D eigenvalue weighted by molar-refractivity contribution is -0.390. The van der Waals surface area contributed by atoms with Gasteiger partial charge in [0, 0.05) is 32.4 Å². The molecule has 0 aliphatic carbocycles. The van der Waals surface area contributed by atoms with Crippen molar-refractivity contribution in [3.8, 4) is 11.5 Å². The number of hydrogen-bond donors (Lipinski definition) is 16. The van der Waals surface area contributed by atoms with Crippen LogP contribution in [-0.4, -0.2) is 257 Å². The molecular formula is C47H74N2O28. The maximum Gasteiger partial charge on any atom is 0.407 e. The number of nitrogens with one attached hydrogen (secondary N) is 2. The molecule has 1 aromatic carbocycles. The number of aliphatic hydroxyl groups excluding tert-OH is 11. The normalized spacial score (nSPS) is 36.3. The molecule has 4 aliphatic heterocycles. The number of unbranched alkanes of at least 4 members (excludes halogenated alkanes) is 5. The van der Waals surface area contributed by atoms with E-state index >= 15 is 0 Å². The highest BCUT2D eigenvalue weighted by Gasteiger charge is 2.61. The van der Waals surface area contributed by atoms with Crippen LogP contribution in [0.15, 0.2) is 18.2 Å². The van der Waals surface area contributed by atoms with Crippen molar-refractivity contribution >= 4 is 23.9 Å². The van der Waals surface area contributed by atoms with E-state index in [-0.39, 0.29) is 36.1 Å². The Morgan fingerprint density at radius 2 is 1.34 bits per heavy atom. The molecule has 4 saturated heterocycles. The smallest absolute Gasteiger partial charge is 0.407 e. The van der Waals surface area contributed by atoms with E-state index in [1.165, 1.54) is 26.2 Å². The Morgan fingerprint density at radius 3 is 1.95 bits per heavy atom. The number of alkyl carbamates (subject to hydrolysis) is 1. The van der Waals surface area contributed by atoms with E-state index in [0.717, 1.165) is 25.8 Å². The van der Waals surface area contributed by atoms with Gasteiger partial charge < -0.3 is 129 Å². The number of carbonyl (C=O) groups excluding carboxylic acids is 3. The molecule has 0 bridgehead atoms. The Kier molecular flexibility index (Phi) is 24.2. The number of phenols is 2. The predicted octanol–water partition coefficient (Wildman–Crippen LogP) is -5.10. The van der Waals surface area contributed by atoms with Crippen molar-refractivity contribution in [2.24, 2.45) is 0 Å². The average Bonchev–Trinajstić information content (AvgIpc) is 3.41. The Bertz CT molecular complexity index is 2020. The first-order valence-electron chi connectivity index (χ1n) is 25.0. The number of carbonyl (C=O) groups is 4. The van der Waals surface area contributed by atoms with E-state index in [2.05, 4.69) is 15.4 Å². The van der Waals surface area contributed by atoms with Crippen molar-refractivity contribution in [2.75, 3.05) is 33.5 Å². The quantitative estimate of drug-likeness (QED) is 0.0305. The van der Waals surface area contributed by atoms with Gasteiger partial charge in [-0.25, -0.2) is 9.59 Å². The highest BCUT2D eigenvalue weighted by atomic mass is 16.8. The fourth-order valence-electron chi connectivity index (χ4n) is 9.33. The zero-order valence-electron chi connectivity index (χ0n) is 42.4. The van der Waals surface area contributed by atoms with Crippen molar-refractivity contribution < 1.29 is 138 Å². The number of aliphatic hydroxyl groups is 11. The van der Waals surface area contributed by atoms with Crippen LogP contribution in [-0.2, 0) is 68.4 Å². The number of benzene rings is 1. The number of phenolic OH excluding ortho intramolecular Hbond substituents is 2. The van der Waals surface area contributed by atoms with Crippen molar-refractivity contribution in [1.29, 1.82) is 0 Å². The number of aromatic hydroxyl groups is 2. The molecule has 30 heteroatoms. The molecule has 0 saturated carbocycles. The second kappa shape index (κ2) is 29.3. The van der Waals surface area contributed by atoms with E-state index in [1.54, 1.807) is 0 Å². The molecule has 4 fully saturated rings. The largest absolute Gasteiger partial charge is 0.508 e. The monoisotopic (exact) mass is 1110 g/mol. The molecule has 21 atom stereocenters. The Balaban J connectivity index is 1.53. The van der Waals surface area contributed by atoms with Crippen molar-refractivity contribution in [2.45, 2.75) is 200 Å². The molecule has 30 nitrogen and oxygen atoms in total. The average molecular weight is 1120 g/mol. The zero-order chi connectivity index (χ0) is 56.9. The number of hydrogen-bond acceptors (Lipinski definition) is 27. The highest BCUT2D eigenvalue weighted by molar-refractivity contribution is 5.76. The lowest BCUT2D eigenvalue weighted by Gasteiger charge is -2.51. The number of carboxylic acid groups (broad SMARTS) is 1. The van der Waals surface area contributed by atoms with Gasteiger partial charge in [0.1, 0.15) is 103 Å². The summed E-state index contributed by atoms with van der Waals surface area (Å²) in [6, 6.07) is -0.0385. The number of aliphatic carboxylic acids is 1. The van der Waals surface area contributed by atoms with Gasteiger partial charge in [0.05, 0.1) is 45.2 Å². The molecule has 16 N–H and O–H groups in total. The van der Waals surface area contributed by atoms with Crippen molar-refractivity contribution in [3.05, 3.63) is 23.8 Å². The summed E-state index contributed by atoms with van der Waals surface area (Å²) in [5, 5.41) is 155. The van der Waals surface area contributed by atoms with Crippen LogP contribution in [0.5, 0.6) is 11.5 Å².